The second-order valence-corrected chi connectivity index (χ2v) is 4.56. The maximum atomic E-state index is 5.60. The largest absolute Gasteiger partial charge is 0.496 e. The van der Waals surface area contributed by atoms with Crippen molar-refractivity contribution in [1.82, 2.24) is 0 Å². The number of rotatable bonds is 6. The van der Waals surface area contributed by atoms with Crippen LogP contribution in [0.15, 0.2) is 30.3 Å². The summed E-state index contributed by atoms with van der Waals surface area (Å²) in [6, 6.07) is 10.2. The van der Waals surface area contributed by atoms with Crippen LogP contribution in [-0.4, -0.2) is 20.8 Å². The Balaban J connectivity index is 2.50. The highest BCUT2D eigenvalue weighted by Crippen LogP contribution is 2.37. The second-order valence-electron chi connectivity index (χ2n) is 4.56. The monoisotopic (exact) mass is 259 g/mol. The first kappa shape index (κ1) is 13.7. The van der Waals surface area contributed by atoms with Crippen LogP contribution in [0.2, 0.25) is 0 Å². The molecule has 0 amide bonds. The minimum Gasteiger partial charge on any atom is -0.496 e. The normalized spacial score (nSPS) is 10.7. The lowest BCUT2D eigenvalue weighted by Crippen LogP contribution is -2.01. The molecule has 0 aliphatic heterocycles. The van der Waals surface area contributed by atoms with Gasteiger partial charge in [-0.25, -0.2) is 0 Å². The van der Waals surface area contributed by atoms with Crippen molar-refractivity contribution in [1.29, 1.82) is 0 Å². The fourth-order valence-corrected chi connectivity index (χ4v) is 2.43. The molecule has 2 aromatic rings. The fourth-order valence-electron chi connectivity index (χ4n) is 2.43. The Labute approximate surface area is 114 Å². The molecule has 2 rings (SSSR count). The van der Waals surface area contributed by atoms with Gasteiger partial charge in [0, 0.05) is 10.8 Å². The van der Waals surface area contributed by atoms with E-state index in [-0.39, 0.29) is 0 Å². The quantitative estimate of drug-likeness (QED) is 0.811. The Morgan fingerprint density at radius 1 is 1.00 bits per heavy atom. The van der Waals surface area contributed by atoms with E-state index in [1.807, 2.05) is 12.1 Å². The van der Waals surface area contributed by atoms with E-state index in [0.717, 1.165) is 48.1 Å². The van der Waals surface area contributed by atoms with Gasteiger partial charge in [0.05, 0.1) is 14.2 Å². The Kier molecular flexibility index (Phi) is 4.63. The minimum absolute atomic E-state index is 0.729. The highest BCUT2D eigenvalue weighted by atomic mass is 16.5. The molecule has 3 nitrogen and oxygen atoms in total. The molecule has 2 aromatic carbocycles. The first-order valence-corrected chi connectivity index (χ1v) is 6.64. The molecule has 0 aromatic heterocycles. The number of fused-ring (bicyclic) bond motifs is 1. The Hall–Kier alpha value is -1.74. The number of methoxy groups -OCH3 is 2. The van der Waals surface area contributed by atoms with Crippen molar-refractivity contribution < 1.29 is 9.47 Å². The zero-order chi connectivity index (χ0) is 13.7. The van der Waals surface area contributed by atoms with E-state index < -0.39 is 0 Å². The lowest BCUT2D eigenvalue weighted by molar-refractivity contribution is 0.405. The average Bonchev–Trinajstić information content (AvgIpc) is 2.46. The van der Waals surface area contributed by atoms with Gasteiger partial charge in [0.1, 0.15) is 11.5 Å². The molecule has 0 spiro atoms. The predicted molar refractivity (Wildman–Crippen MR) is 79.0 cm³/mol. The van der Waals surface area contributed by atoms with Crippen LogP contribution in [-0.2, 0) is 6.42 Å². The van der Waals surface area contributed by atoms with Crippen LogP contribution in [0, 0.1) is 0 Å². The molecule has 2 N–H and O–H groups in total. The first-order valence-electron chi connectivity index (χ1n) is 6.64. The van der Waals surface area contributed by atoms with Crippen LogP contribution in [0.4, 0.5) is 0 Å². The SMILES string of the molecule is COc1cc(CCCCN)c(OC)c2ccccc12. The standard InChI is InChI=1S/C16H21NO2/c1-18-15-11-12(7-5-6-10-17)16(19-2)14-9-4-3-8-13(14)15/h3-4,8-9,11H,5-7,10,17H2,1-2H3. The summed E-state index contributed by atoms with van der Waals surface area (Å²) in [5.41, 5.74) is 6.74. The fraction of sp³-hybridized carbons (Fsp3) is 0.375. The molecule has 0 radical (unpaired) electrons. The molecule has 0 bridgehead atoms. The van der Waals surface area contributed by atoms with Crippen molar-refractivity contribution in [3.8, 4) is 11.5 Å². The molecule has 0 heterocycles. The number of hydrogen-bond acceptors (Lipinski definition) is 3. The van der Waals surface area contributed by atoms with Gasteiger partial charge in [0.15, 0.2) is 0 Å². The van der Waals surface area contributed by atoms with Gasteiger partial charge in [0.2, 0.25) is 0 Å². The van der Waals surface area contributed by atoms with E-state index in [4.69, 9.17) is 15.2 Å². The number of nitrogens with two attached hydrogens (primary N) is 1. The highest BCUT2D eigenvalue weighted by Gasteiger charge is 2.12. The maximum Gasteiger partial charge on any atom is 0.130 e. The maximum absolute atomic E-state index is 5.60. The molecule has 0 atom stereocenters. The lowest BCUT2D eigenvalue weighted by Gasteiger charge is -2.15. The lowest BCUT2D eigenvalue weighted by atomic mass is 10.00. The van der Waals surface area contributed by atoms with Crippen molar-refractivity contribution in [3.05, 3.63) is 35.9 Å². The third-order valence-corrected chi connectivity index (χ3v) is 3.36. The summed E-state index contributed by atoms with van der Waals surface area (Å²) < 4.78 is 11.1. The van der Waals surface area contributed by atoms with Crippen molar-refractivity contribution >= 4 is 10.8 Å². The summed E-state index contributed by atoms with van der Waals surface area (Å²) in [6.07, 6.45) is 3.05. The molecule has 0 unspecified atom stereocenters. The molecular weight excluding hydrogens is 238 g/mol. The summed E-state index contributed by atoms with van der Waals surface area (Å²) in [5, 5.41) is 2.19. The highest BCUT2D eigenvalue weighted by molar-refractivity contribution is 5.94. The van der Waals surface area contributed by atoms with E-state index in [1.54, 1.807) is 14.2 Å². The molecule has 0 saturated carbocycles. The van der Waals surface area contributed by atoms with Crippen LogP contribution in [0.3, 0.4) is 0 Å². The Morgan fingerprint density at radius 3 is 2.37 bits per heavy atom. The summed E-state index contributed by atoms with van der Waals surface area (Å²) in [5.74, 6) is 1.85. The van der Waals surface area contributed by atoms with Crippen LogP contribution < -0.4 is 15.2 Å². The molecule has 19 heavy (non-hydrogen) atoms. The topological polar surface area (TPSA) is 44.5 Å². The Bertz CT molecular complexity index is 552. The third kappa shape index (κ3) is 2.82. The number of benzene rings is 2. The van der Waals surface area contributed by atoms with E-state index in [2.05, 4.69) is 18.2 Å². The van der Waals surface area contributed by atoms with E-state index in [0.29, 0.717) is 0 Å². The molecule has 3 heteroatoms. The molecule has 0 saturated heterocycles. The summed E-state index contributed by atoms with van der Waals surface area (Å²) in [4.78, 5) is 0. The van der Waals surface area contributed by atoms with Crippen molar-refractivity contribution in [3.63, 3.8) is 0 Å². The van der Waals surface area contributed by atoms with Gasteiger partial charge in [-0.1, -0.05) is 24.3 Å². The smallest absolute Gasteiger partial charge is 0.130 e. The summed E-state index contributed by atoms with van der Waals surface area (Å²) in [7, 11) is 3.43. The molecular formula is C16H21NO2. The minimum atomic E-state index is 0.729. The number of unbranched alkanes of at least 4 members (excludes halogenated alkanes) is 1. The predicted octanol–water partition coefficient (Wildman–Crippen LogP) is 3.14. The van der Waals surface area contributed by atoms with Crippen LogP contribution in [0.25, 0.3) is 10.8 Å². The second kappa shape index (κ2) is 6.43. The average molecular weight is 259 g/mol. The third-order valence-electron chi connectivity index (χ3n) is 3.36. The molecule has 0 fully saturated rings. The zero-order valence-corrected chi connectivity index (χ0v) is 11.6. The van der Waals surface area contributed by atoms with Gasteiger partial charge in [-0.15, -0.1) is 0 Å². The number of ether oxygens (including phenoxy) is 2. The van der Waals surface area contributed by atoms with E-state index in [9.17, 15) is 0 Å². The summed E-state index contributed by atoms with van der Waals surface area (Å²) >= 11 is 0. The van der Waals surface area contributed by atoms with E-state index >= 15 is 0 Å². The summed E-state index contributed by atoms with van der Waals surface area (Å²) in [6.45, 7) is 0.729. The molecule has 0 aliphatic carbocycles. The van der Waals surface area contributed by atoms with Crippen molar-refractivity contribution in [2.24, 2.45) is 5.73 Å². The number of hydrogen-bond donors (Lipinski definition) is 1. The van der Waals surface area contributed by atoms with E-state index in [1.165, 1.54) is 5.56 Å². The van der Waals surface area contributed by atoms with Crippen molar-refractivity contribution in [2.45, 2.75) is 19.3 Å². The van der Waals surface area contributed by atoms with Gasteiger partial charge in [-0.3, -0.25) is 0 Å². The van der Waals surface area contributed by atoms with Gasteiger partial charge in [-0.2, -0.15) is 0 Å². The van der Waals surface area contributed by atoms with Gasteiger partial charge < -0.3 is 15.2 Å². The molecule has 102 valence electrons. The number of aryl methyl sites for hydroxylation is 1. The molecule has 0 aliphatic rings. The van der Waals surface area contributed by atoms with Crippen LogP contribution in [0.1, 0.15) is 18.4 Å². The Morgan fingerprint density at radius 2 is 1.74 bits per heavy atom. The van der Waals surface area contributed by atoms with Crippen LogP contribution in [0.5, 0.6) is 11.5 Å². The van der Waals surface area contributed by atoms with Crippen LogP contribution >= 0.6 is 0 Å². The zero-order valence-electron chi connectivity index (χ0n) is 11.6. The van der Waals surface area contributed by atoms with Gasteiger partial charge in [0.25, 0.3) is 0 Å². The van der Waals surface area contributed by atoms with Gasteiger partial charge in [-0.05, 0) is 37.4 Å². The van der Waals surface area contributed by atoms with Gasteiger partial charge >= 0.3 is 0 Å². The first-order chi connectivity index (χ1) is 9.31. The van der Waals surface area contributed by atoms with Crippen molar-refractivity contribution in [2.75, 3.05) is 20.8 Å².